The number of carbonyl (C=O) groups is 1. The van der Waals surface area contributed by atoms with Crippen molar-refractivity contribution in [1.29, 1.82) is 0 Å². The molecule has 8 nitrogen and oxygen atoms in total. The van der Waals surface area contributed by atoms with Gasteiger partial charge in [0.15, 0.2) is 11.5 Å². The first-order valence-corrected chi connectivity index (χ1v) is 7.99. The van der Waals surface area contributed by atoms with Crippen molar-refractivity contribution in [2.75, 3.05) is 14.2 Å². The molecular formula is C18H16ClN3O5. The summed E-state index contributed by atoms with van der Waals surface area (Å²) in [5, 5.41) is 14.6. The molecule has 0 atom stereocenters. The van der Waals surface area contributed by atoms with Crippen molar-refractivity contribution in [3.05, 3.63) is 68.7 Å². The second-order valence-electron chi connectivity index (χ2n) is 5.15. The number of nitro groups is 1. The van der Waals surface area contributed by atoms with Crippen molar-refractivity contribution in [1.82, 2.24) is 5.43 Å². The molecule has 0 bridgehead atoms. The maximum Gasteiger partial charge on any atom is 0.271 e. The molecule has 1 N–H and O–H groups in total. The van der Waals surface area contributed by atoms with Crippen LogP contribution >= 0.6 is 11.6 Å². The number of benzene rings is 2. The number of amides is 1. The highest BCUT2D eigenvalue weighted by molar-refractivity contribution is 6.41. The predicted molar refractivity (Wildman–Crippen MR) is 102 cm³/mol. The lowest BCUT2D eigenvalue weighted by atomic mass is 10.2. The van der Waals surface area contributed by atoms with Crippen molar-refractivity contribution in [2.24, 2.45) is 5.10 Å². The maximum atomic E-state index is 12.1. The van der Waals surface area contributed by atoms with E-state index in [0.29, 0.717) is 22.6 Å². The highest BCUT2D eigenvalue weighted by atomic mass is 35.5. The number of ether oxygens (including phenoxy) is 2. The smallest absolute Gasteiger partial charge is 0.271 e. The number of nitrogens with zero attached hydrogens (tertiary/aromatic N) is 2. The molecule has 2 aromatic carbocycles. The number of rotatable bonds is 7. The van der Waals surface area contributed by atoms with E-state index in [1.807, 2.05) is 0 Å². The van der Waals surface area contributed by atoms with Crippen LogP contribution in [0, 0.1) is 10.1 Å². The van der Waals surface area contributed by atoms with E-state index in [0.717, 1.165) is 0 Å². The third-order valence-corrected chi connectivity index (χ3v) is 3.61. The highest BCUT2D eigenvalue weighted by Gasteiger charge is 2.10. The van der Waals surface area contributed by atoms with Crippen LogP contribution in [0.15, 0.2) is 52.6 Å². The fourth-order valence-electron chi connectivity index (χ4n) is 2.08. The quantitative estimate of drug-likeness (QED) is 0.442. The van der Waals surface area contributed by atoms with Crippen LogP contribution in [0.1, 0.15) is 15.9 Å². The van der Waals surface area contributed by atoms with E-state index < -0.39 is 10.8 Å². The number of non-ortho nitro benzene ring substituents is 1. The van der Waals surface area contributed by atoms with E-state index in [1.165, 1.54) is 38.6 Å². The zero-order chi connectivity index (χ0) is 19.8. The molecule has 0 heterocycles. The van der Waals surface area contributed by atoms with E-state index >= 15 is 0 Å². The number of nitrogens with one attached hydrogen (secondary N) is 1. The minimum atomic E-state index is -0.486. The number of allylic oxidation sites excluding steroid dienone is 1. The van der Waals surface area contributed by atoms with Crippen LogP contribution in [0.2, 0.25) is 0 Å². The van der Waals surface area contributed by atoms with Gasteiger partial charge in [0.05, 0.1) is 30.4 Å². The molecule has 0 fully saturated rings. The van der Waals surface area contributed by atoms with Gasteiger partial charge in [-0.2, -0.15) is 5.10 Å². The lowest BCUT2D eigenvalue weighted by Gasteiger charge is -2.08. The van der Waals surface area contributed by atoms with Gasteiger partial charge in [-0.3, -0.25) is 14.9 Å². The van der Waals surface area contributed by atoms with Crippen LogP contribution in [0.25, 0.3) is 6.08 Å². The summed E-state index contributed by atoms with van der Waals surface area (Å²) < 4.78 is 10.3. The maximum absolute atomic E-state index is 12.1. The Bertz CT molecular complexity index is 894. The van der Waals surface area contributed by atoms with E-state index in [9.17, 15) is 14.9 Å². The van der Waals surface area contributed by atoms with Crippen LogP contribution in [-0.4, -0.2) is 31.3 Å². The second-order valence-corrected chi connectivity index (χ2v) is 5.58. The van der Waals surface area contributed by atoms with E-state index in [-0.39, 0.29) is 10.7 Å². The van der Waals surface area contributed by atoms with Crippen molar-refractivity contribution < 1.29 is 19.2 Å². The van der Waals surface area contributed by atoms with Gasteiger partial charge in [0.2, 0.25) is 0 Å². The zero-order valence-corrected chi connectivity index (χ0v) is 15.3. The average Bonchev–Trinajstić information content (AvgIpc) is 2.67. The highest BCUT2D eigenvalue weighted by Crippen LogP contribution is 2.27. The normalized spacial score (nSPS) is 11.3. The van der Waals surface area contributed by atoms with Gasteiger partial charge in [0.25, 0.3) is 11.6 Å². The molecule has 2 aromatic rings. The summed E-state index contributed by atoms with van der Waals surface area (Å²) in [6.45, 7) is 0. The van der Waals surface area contributed by atoms with Gasteiger partial charge in [-0.05, 0) is 42.0 Å². The molecule has 2 rings (SSSR count). The first-order chi connectivity index (χ1) is 12.9. The summed E-state index contributed by atoms with van der Waals surface area (Å²) in [6.07, 6.45) is 2.80. The average molecular weight is 390 g/mol. The third-order valence-electron chi connectivity index (χ3n) is 3.41. The Balaban J connectivity index is 2.01. The van der Waals surface area contributed by atoms with Crippen molar-refractivity contribution in [3.8, 4) is 11.5 Å². The third kappa shape index (κ3) is 5.55. The van der Waals surface area contributed by atoms with Gasteiger partial charge in [-0.25, -0.2) is 5.43 Å². The molecule has 0 saturated carbocycles. The zero-order valence-electron chi connectivity index (χ0n) is 14.5. The minimum Gasteiger partial charge on any atom is -0.493 e. The number of nitro benzene ring substituents is 1. The molecule has 0 aromatic heterocycles. The molecule has 0 saturated heterocycles. The standard InChI is InChI=1S/C18H16ClN3O5/c1-26-16-8-5-13(10-17(16)27-2)18(23)21-20-11-14(19)9-12-3-6-15(7-4-12)22(24)25/h3-11H,1-2H3,(H,21,23)/b14-9+,20-11+. The second kappa shape index (κ2) is 9.35. The molecule has 0 aliphatic heterocycles. The van der Waals surface area contributed by atoms with E-state index in [1.54, 1.807) is 30.3 Å². The summed E-state index contributed by atoms with van der Waals surface area (Å²) in [5.41, 5.74) is 3.32. The van der Waals surface area contributed by atoms with Crippen molar-refractivity contribution in [2.45, 2.75) is 0 Å². The van der Waals surface area contributed by atoms with Crippen molar-refractivity contribution >= 4 is 35.5 Å². The lowest BCUT2D eigenvalue weighted by molar-refractivity contribution is -0.384. The molecule has 0 aliphatic rings. The Kier molecular flexibility index (Phi) is 6.90. The SMILES string of the molecule is COc1ccc(C(=O)N/N=C/C(Cl)=C\c2ccc([N+](=O)[O-])cc2)cc1OC. The molecule has 9 heteroatoms. The molecule has 0 unspecified atom stereocenters. The summed E-state index contributed by atoms with van der Waals surface area (Å²) in [6, 6.07) is 10.5. The van der Waals surface area contributed by atoms with Gasteiger partial charge in [0.1, 0.15) is 0 Å². The Labute approximate surface area is 160 Å². The molecule has 0 aliphatic carbocycles. The van der Waals surface area contributed by atoms with Gasteiger partial charge >= 0.3 is 0 Å². The predicted octanol–water partition coefficient (Wildman–Crippen LogP) is 3.61. The number of hydrogen-bond donors (Lipinski definition) is 1. The monoisotopic (exact) mass is 389 g/mol. The molecule has 1 amide bonds. The molecule has 0 radical (unpaired) electrons. The molecular weight excluding hydrogens is 374 g/mol. The van der Waals surface area contributed by atoms with Gasteiger partial charge in [-0.15, -0.1) is 0 Å². The van der Waals surface area contributed by atoms with Gasteiger partial charge in [-0.1, -0.05) is 11.6 Å². The minimum absolute atomic E-state index is 0.0147. The Hall–Kier alpha value is -3.39. The summed E-state index contributed by atoms with van der Waals surface area (Å²) in [7, 11) is 2.97. The van der Waals surface area contributed by atoms with Gasteiger partial charge < -0.3 is 9.47 Å². The topological polar surface area (TPSA) is 103 Å². The number of methoxy groups -OCH3 is 2. The van der Waals surface area contributed by atoms with Crippen LogP contribution in [0.3, 0.4) is 0 Å². The first kappa shape index (κ1) is 19.9. The fourth-order valence-corrected chi connectivity index (χ4v) is 2.26. The summed E-state index contributed by atoms with van der Waals surface area (Å²) >= 11 is 6.02. The lowest BCUT2D eigenvalue weighted by Crippen LogP contribution is -2.17. The largest absolute Gasteiger partial charge is 0.493 e. The van der Waals surface area contributed by atoms with Crippen molar-refractivity contribution in [3.63, 3.8) is 0 Å². The van der Waals surface area contributed by atoms with Crippen LogP contribution in [-0.2, 0) is 0 Å². The van der Waals surface area contributed by atoms with Crippen LogP contribution in [0.4, 0.5) is 5.69 Å². The van der Waals surface area contributed by atoms with E-state index in [4.69, 9.17) is 21.1 Å². The Morgan fingerprint density at radius 2 is 1.81 bits per heavy atom. The van der Waals surface area contributed by atoms with E-state index in [2.05, 4.69) is 10.5 Å². The molecule has 27 heavy (non-hydrogen) atoms. The Morgan fingerprint density at radius 3 is 2.41 bits per heavy atom. The molecule has 0 spiro atoms. The number of hydrogen-bond acceptors (Lipinski definition) is 6. The molecule has 140 valence electrons. The van der Waals surface area contributed by atoms with Crippen LogP contribution < -0.4 is 14.9 Å². The number of halogens is 1. The Morgan fingerprint density at radius 1 is 1.15 bits per heavy atom. The number of carbonyl (C=O) groups excluding carboxylic acids is 1. The number of hydrazone groups is 1. The van der Waals surface area contributed by atoms with Crippen LogP contribution in [0.5, 0.6) is 11.5 Å². The summed E-state index contributed by atoms with van der Waals surface area (Å²) in [4.78, 5) is 22.2. The fraction of sp³-hybridized carbons (Fsp3) is 0.111. The first-order valence-electron chi connectivity index (χ1n) is 7.61. The van der Waals surface area contributed by atoms with Gasteiger partial charge in [0, 0.05) is 17.7 Å². The summed E-state index contributed by atoms with van der Waals surface area (Å²) in [5.74, 6) is 0.476.